The average Bonchev–Trinajstić information content (AvgIpc) is 2.99. The number of aromatic nitrogens is 2. The first-order valence-electron chi connectivity index (χ1n) is 14.3. The van der Waals surface area contributed by atoms with Crippen LogP contribution in [0.5, 0.6) is 5.75 Å². The highest BCUT2D eigenvalue weighted by Gasteiger charge is 2.33. The molecule has 1 aromatic carbocycles. The maximum absolute atomic E-state index is 15.5. The fraction of sp³-hybridized carbons (Fsp3) is 0.433. The Morgan fingerprint density at radius 1 is 1.26 bits per heavy atom. The number of nitrogens with two attached hydrogens (primary N) is 1. The van der Waals surface area contributed by atoms with E-state index in [1.165, 1.54) is 18.3 Å². The van der Waals surface area contributed by atoms with Gasteiger partial charge in [0.25, 0.3) is 5.91 Å². The van der Waals surface area contributed by atoms with Gasteiger partial charge in [0.2, 0.25) is 0 Å². The second-order valence-electron chi connectivity index (χ2n) is 10.7. The molecular formula is C30H35BF2N5O4. The minimum absolute atomic E-state index is 0.0287. The van der Waals surface area contributed by atoms with Crippen LogP contribution in [0.15, 0.2) is 42.7 Å². The van der Waals surface area contributed by atoms with E-state index in [0.29, 0.717) is 48.9 Å². The molecule has 0 spiro atoms. The van der Waals surface area contributed by atoms with E-state index < -0.39 is 29.7 Å². The monoisotopic (exact) mass is 578 g/mol. The number of pyridine rings is 2. The summed E-state index contributed by atoms with van der Waals surface area (Å²) in [6.07, 6.45) is 4.72. The molecule has 2 aromatic heterocycles. The van der Waals surface area contributed by atoms with Crippen molar-refractivity contribution in [1.29, 1.82) is 0 Å². The number of aliphatic hydroxyl groups excluding tert-OH is 1. The van der Waals surface area contributed by atoms with E-state index in [1.54, 1.807) is 32.4 Å². The van der Waals surface area contributed by atoms with Crippen molar-refractivity contribution in [3.63, 3.8) is 0 Å². The van der Waals surface area contributed by atoms with E-state index in [9.17, 15) is 9.90 Å². The van der Waals surface area contributed by atoms with Crippen LogP contribution in [0.4, 0.5) is 20.2 Å². The first-order valence-corrected chi connectivity index (χ1v) is 14.3. The van der Waals surface area contributed by atoms with Gasteiger partial charge in [0.15, 0.2) is 0 Å². The molecule has 221 valence electrons. The van der Waals surface area contributed by atoms with Gasteiger partial charge in [-0.2, -0.15) is 0 Å². The lowest BCUT2D eigenvalue weighted by Crippen LogP contribution is -2.56. The molecule has 12 heteroatoms. The number of amides is 1. The molecule has 42 heavy (non-hydrogen) atoms. The number of hydrogen-bond donors (Lipinski definition) is 3. The molecule has 2 aliphatic heterocycles. The lowest BCUT2D eigenvalue weighted by molar-refractivity contribution is 0.00736. The summed E-state index contributed by atoms with van der Waals surface area (Å²) in [5.74, 6) is -1.81. The number of rotatable bonds is 8. The summed E-state index contributed by atoms with van der Waals surface area (Å²) >= 11 is 0. The van der Waals surface area contributed by atoms with Crippen molar-refractivity contribution >= 4 is 30.0 Å². The van der Waals surface area contributed by atoms with Gasteiger partial charge >= 0.3 is 0 Å². The lowest BCUT2D eigenvalue weighted by Gasteiger charge is -2.41. The molecule has 0 aliphatic carbocycles. The van der Waals surface area contributed by atoms with E-state index in [0.717, 1.165) is 25.3 Å². The minimum atomic E-state index is -0.767. The maximum atomic E-state index is 15.5. The number of benzene rings is 1. The quantitative estimate of drug-likeness (QED) is 0.349. The number of nitrogens with one attached hydrogen (secondary N) is 1. The standard InChI is InChI=1S/C30H35BF2N5O4/c1-3-17-14-38(15-23(34)29(17)39)26-8-9-35-13-25(26)37-30(40)24-7-6-21(32)28(36-24)27-20(31-2)11-19(12-22(27)33)42-18-5-4-10-41-16-18/h6-9,11-13,17-18,23,29,39H,3-5,10,14-16,34H2,1-2H3,(H,37,40). The van der Waals surface area contributed by atoms with Gasteiger partial charge in [-0.25, -0.2) is 13.8 Å². The zero-order valence-electron chi connectivity index (χ0n) is 23.7. The summed E-state index contributed by atoms with van der Waals surface area (Å²) in [6.45, 7) is 5.75. The predicted molar refractivity (Wildman–Crippen MR) is 157 cm³/mol. The van der Waals surface area contributed by atoms with Crippen LogP contribution in [0.25, 0.3) is 11.3 Å². The third-order valence-corrected chi connectivity index (χ3v) is 7.86. The SMILES string of the molecule is C[B]c1cc(OC2CCCOC2)cc(F)c1-c1nc(C(=O)Nc2cnccc2N2CC(N)C(O)C(CC)C2)ccc1F. The van der Waals surface area contributed by atoms with Gasteiger partial charge < -0.3 is 30.5 Å². The molecule has 2 aliphatic rings. The maximum Gasteiger partial charge on any atom is 0.274 e. The Labute approximate surface area is 244 Å². The van der Waals surface area contributed by atoms with Gasteiger partial charge in [0.05, 0.1) is 30.3 Å². The van der Waals surface area contributed by atoms with Crippen molar-refractivity contribution in [3.05, 3.63) is 60.1 Å². The van der Waals surface area contributed by atoms with Gasteiger partial charge in [-0.15, -0.1) is 0 Å². The summed E-state index contributed by atoms with van der Waals surface area (Å²) < 4.78 is 41.9. The topological polar surface area (TPSA) is 123 Å². The number of nitrogens with zero attached hydrogens (tertiary/aromatic N) is 3. The van der Waals surface area contributed by atoms with E-state index in [2.05, 4.69) is 15.3 Å². The van der Waals surface area contributed by atoms with E-state index >= 15 is 8.78 Å². The molecule has 1 amide bonds. The number of carbonyl (C=O) groups excluding carboxylic acids is 1. The van der Waals surface area contributed by atoms with Gasteiger partial charge in [0.1, 0.15) is 42.2 Å². The molecule has 4 N–H and O–H groups in total. The number of hydrogen-bond acceptors (Lipinski definition) is 8. The van der Waals surface area contributed by atoms with Gasteiger partial charge in [-0.3, -0.25) is 9.78 Å². The number of piperidine rings is 1. The molecule has 0 bridgehead atoms. The fourth-order valence-electron chi connectivity index (χ4n) is 5.58. The fourth-order valence-corrected chi connectivity index (χ4v) is 5.58. The number of ether oxygens (including phenoxy) is 2. The van der Waals surface area contributed by atoms with Gasteiger partial charge in [-0.1, -0.05) is 19.2 Å². The van der Waals surface area contributed by atoms with Crippen LogP contribution in [-0.4, -0.2) is 72.8 Å². The average molecular weight is 578 g/mol. The third-order valence-electron chi connectivity index (χ3n) is 7.86. The second-order valence-corrected chi connectivity index (χ2v) is 10.7. The summed E-state index contributed by atoms with van der Waals surface area (Å²) in [4.78, 5) is 23.8. The second kappa shape index (κ2) is 13.1. The van der Waals surface area contributed by atoms with Gasteiger partial charge in [0, 0.05) is 49.5 Å². The van der Waals surface area contributed by atoms with E-state index in [-0.39, 0.29) is 29.0 Å². The molecule has 3 aromatic rings. The summed E-state index contributed by atoms with van der Waals surface area (Å²) in [5.41, 5.74) is 7.25. The molecule has 0 saturated carbocycles. The Balaban J connectivity index is 1.40. The van der Waals surface area contributed by atoms with Crippen molar-refractivity contribution in [3.8, 4) is 17.0 Å². The molecule has 4 unspecified atom stereocenters. The molecule has 2 saturated heterocycles. The van der Waals surface area contributed by atoms with E-state index in [1.807, 2.05) is 11.8 Å². The van der Waals surface area contributed by atoms with Crippen LogP contribution in [0, 0.1) is 17.6 Å². The smallest absolute Gasteiger partial charge is 0.274 e. The molecule has 9 nitrogen and oxygen atoms in total. The molecule has 4 heterocycles. The third kappa shape index (κ3) is 6.40. The summed E-state index contributed by atoms with van der Waals surface area (Å²) in [7, 11) is 1.64. The largest absolute Gasteiger partial charge is 0.488 e. The number of anilines is 2. The predicted octanol–water partition coefficient (Wildman–Crippen LogP) is 3.14. The number of halogens is 2. The van der Waals surface area contributed by atoms with Crippen molar-refractivity contribution in [2.24, 2.45) is 11.7 Å². The van der Waals surface area contributed by atoms with Crippen molar-refractivity contribution in [2.45, 2.75) is 51.3 Å². The normalized spacial score (nSPS) is 22.5. The Kier molecular flexibility index (Phi) is 9.35. The lowest BCUT2D eigenvalue weighted by atomic mass is 9.70. The first kappa shape index (κ1) is 29.9. The summed E-state index contributed by atoms with van der Waals surface area (Å²) in [6, 6.07) is 6.49. The Hall–Kier alpha value is -3.61. The van der Waals surface area contributed by atoms with Crippen LogP contribution in [0.2, 0.25) is 6.82 Å². The van der Waals surface area contributed by atoms with Crippen molar-refractivity contribution in [1.82, 2.24) is 9.97 Å². The highest BCUT2D eigenvalue weighted by atomic mass is 19.1. The highest BCUT2D eigenvalue weighted by Crippen LogP contribution is 2.31. The Morgan fingerprint density at radius 3 is 2.83 bits per heavy atom. The number of aliphatic hydroxyl groups is 1. The van der Waals surface area contributed by atoms with Crippen LogP contribution in [-0.2, 0) is 4.74 Å². The first-order chi connectivity index (χ1) is 20.3. The minimum Gasteiger partial charge on any atom is -0.488 e. The Morgan fingerprint density at radius 2 is 2.10 bits per heavy atom. The molecule has 2 fully saturated rings. The number of carbonyl (C=O) groups is 1. The Bertz CT molecular complexity index is 1420. The van der Waals surface area contributed by atoms with Crippen LogP contribution >= 0.6 is 0 Å². The molecule has 5 rings (SSSR count). The zero-order valence-corrected chi connectivity index (χ0v) is 23.7. The van der Waals surface area contributed by atoms with Gasteiger partial charge in [-0.05, 0) is 43.5 Å². The molecule has 4 atom stereocenters. The zero-order chi connectivity index (χ0) is 29.8. The van der Waals surface area contributed by atoms with Crippen LogP contribution < -0.4 is 26.2 Å². The van der Waals surface area contributed by atoms with Crippen molar-refractivity contribution < 1.29 is 28.2 Å². The van der Waals surface area contributed by atoms with Crippen LogP contribution in [0.1, 0.15) is 36.7 Å². The van der Waals surface area contributed by atoms with E-state index in [4.69, 9.17) is 15.2 Å². The molecule has 1 radical (unpaired) electrons. The van der Waals surface area contributed by atoms with Crippen molar-refractivity contribution in [2.75, 3.05) is 36.5 Å². The highest BCUT2D eigenvalue weighted by molar-refractivity contribution is 6.54. The molecular weight excluding hydrogens is 543 g/mol. The van der Waals surface area contributed by atoms with Crippen LogP contribution in [0.3, 0.4) is 0 Å². The summed E-state index contributed by atoms with van der Waals surface area (Å²) in [5, 5.41) is 13.3.